The minimum absolute atomic E-state index is 0.00226. The van der Waals surface area contributed by atoms with Crippen LogP contribution >= 0.6 is 11.3 Å². The van der Waals surface area contributed by atoms with E-state index in [4.69, 9.17) is 0 Å². The molecule has 4 amide bonds. The van der Waals surface area contributed by atoms with Gasteiger partial charge in [-0.2, -0.15) is 0 Å². The number of fused-ring (bicyclic) bond motifs is 1. The zero-order valence-electron chi connectivity index (χ0n) is 15.5. The van der Waals surface area contributed by atoms with Crippen LogP contribution in [0.15, 0.2) is 29.6 Å². The van der Waals surface area contributed by atoms with Gasteiger partial charge in [0.1, 0.15) is 5.54 Å². The molecule has 0 aliphatic carbocycles. The summed E-state index contributed by atoms with van der Waals surface area (Å²) in [5.41, 5.74) is -0.0907. The zero-order valence-corrected chi connectivity index (χ0v) is 16.3. The lowest BCUT2D eigenvalue weighted by molar-refractivity contribution is -0.129. The summed E-state index contributed by atoms with van der Waals surface area (Å²) >= 11 is 1.57. The van der Waals surface area contributed by atoms with E-state index in [1.165, 1.54) is 0 Å². The number of likely N-dealkylation sites (tertiary alicyclic amines) is 1. The van der Waals surface area contributed by atoms with Crippen LogP contribution in [-0.2, 0) is 4.79 Å². The lowest BCUT2D eigenvalue weighted by Gasteiger charge is -2.42. The lowest BCUT2D eigenvalue weighted by Crippen LogP contribution is -2.58. The number of piperidine rings is 1. The van der Waals surface area contributed by atoms with Crippen molar-refractivity contribution in [3.8, 4) is 0 Å². The maximum Gasteiger partial charge on any atom is 0.325 e. The number of carbonyl (C=O) groups excluding carboxylic acids is 3. The van der Waals surface area contributed by atoms with Gasteiger partial charge >= 0.3 is 6.03 Å². The van der Waals surface area contributed by atoms with Gasteiger partial charge in [-0.1, -0.05) is 32.0 Å². The second kappa shape index (κ2) is 6.64. The first-order valence-corrected chi connectivity index (χ1v) is 10.2. The molecule has 2 aromatic rings. The Morgan fingerprint density at radius 1 is 1.22 bits per heavy atom. The fraction of sp³-hybridized carbons (Fsp3) is 0.450. The van der Waals surface area contributed by atoms with Crippen LogP contribution < -0.4 is 5.32 Å². The summed E-state index contributed by atoms with van der Waals surface area (Å²) in [5.74, 6) is 0.0547. The smallest absolute Gasteiger partial charge is 0.325 e. The average molecular weight is 385 g/mol. The van der Waals surface area contributed by atoms with Gasteiger partial charge in [0.05, 0.1) is 5.56 Å². The molecule has 6 nitrogen and oxygen atoms in total. The Morgan fingerprint density at radius 2 is 1.93 bits per heavy atom. The zero-order chi connectivity index (χ0) is 19.2. The third kappa shape index (κ3) is 2.90. The number of hydrogen-bond acceptors (Lipinski definition) is 4. The quantitative estimate of drug-likeness (QED) is 0.826. The molecule has 0 saturated carbocycles. The van der Waals surface area contributed by atoms with Crippen molar-refractivity contribution < 1.29 is 14.4 Å². The summed E-state index contributed by atoms with van der Waals surface area (Å²) in [5, 5.41) is 5.36. The topological polar surface area (TPSA) is 69.7 Å². The van der Waals surface area contributed by atoms with Crippen molar-refractivity contribution >= 4 is 39.3 Å². The summed E-state index contributed by atoms with van der Waals surface area (Å²) in [6.45, 7) is 5.55. The van der Waals surface area contributed by atoms with E-state index >= 15 is 0 Å². The van der Waals surface area contributed by atoms with E-state index in [2.05, 4.69) is 5.32 Å². The molecule has 2 saturated heterocycles. The van der Waals surface area contributed by atoms with Crippen molar-refractivity contribution in [3.63, 3.8) is 0 Å². The molecule has 4 rings (SSSR count). The van der Waals surface area contributed by atoms with E-state index in [1.54, 1.807) is 16.2 Å². The number of nitrogens with zero attached hydrogens (tertiary/aromatic N) is 2. The van der Waals surface area contributed by atoms with Gasteiger partial charge < -0.3 is 9.80 Å². The van der Waals surface area contributed by atoms with E-state index in [1.807, 2.05) is 48.4 Å². The molecule has 1 spiro atoms. The first-order valence-electron chi connectivity index (χ1n) is 9.31. The number of urea groups is 1. The Hall–Kier alpha value is -2.41. The molecule has 0 radical (unpaired) electrons. The molecule has 3 heterocycles. The molecule has 0 unspecified atom stereocenters. The van der Waals surface area contributed by atoms with E-state index in [9.17, 15) is 14.4 Å². The summed E-state index contributed by atoms with van der Waals surface area (Å²) in [6.07, 6.45) is 0.955. The lowest BCUT2D eigenvalue weighted by atomic mass is 9.85. The Kier molecular flexibility index (Phi) is 4.42. The Balaban J connectivity index is 1.53. The SMILES string of the molecule is CC(C)CN1C(=O)NC(=O)C12CCN(C(=O)c1csc3ccccc13)CC2. The van der Waals surface area contributed by atoms with E-state index in [0.29, 0.717) is 32.5 Å². The van der Waals surface area contributed by atoms with Crippen molar-refractivity contribution in [3.05, 3.63) is 35.2 Å². The molecule has 142 valence electrons. The van der Waals surface area contributed by atoms with Crippen LogP contribution in [0.25, 0.3) is 10.1 Å². The molecule has 1 aromatic carbocycles. The number of carbonyl (C=O) groups is 3. The van der Waals surface area contributed by atoms with Gasteiger partial charge in [0.25, 0.3) is 11.8 Å². The number of rotatable bonds is 3. The summed E-state index contributed by atoms with van der Waals surface area (Å²) < 4.78 is 1.10. The maximum atomic E-state index is 13.0. The first-order chi connectivity index (χ1) is 12.9. The molecule has 1 aromatic heterocycles. The summed E-state index contributed by atoms with van der Waals surface area (Å²) in [6, 6.07) is 7.59. The van der Waals surface area contributed by atoms with Gasteiger partial charge in [-0.3, -0.25) is 14.9 Å². The number of hydrogen-bond donors (Lipinski definition) is 1. The van der Waals surface area contributed by atoms with E-state index in [-0.39, 0.29) is 23.8 Å². The first kappa shape index (κ1) is 18.0. The van der Waals surface area contributed by atoms with E-state index < -0.39 is 5.54 Å². The van der Waals surface area contributed by atoms with Gasteiger partial charge in [-0.15, -0.1) is 11.3 Å². The molecule has 27 heavy (non-hydrogen) atoms. The van der Waals surface area contributed by atoms with Gasteiger partial charge in [0, 0.05) is 35.1 Å². The predicted molar refractivity (Wildman–Crippen MR) is 105 cm³/mol. The minimum Gasteiger partial charge on any atom is -0.338 e. The van der Waals surface area contributed by atoms with Crippen LogP contribution in [-0.4, -0.2) is 52.8 Å². The molecule has 1 N–H and O–H groups in total. The molecule has 0 atom stereocenters. The highest BCUT2D eigenvalue weighted by atomic mass is 32.1. The van der Waals surface area contributed by atoms with Crippen molar-refractivity contribution in [2.75, 3.05) is 19.6 Å². The number of benzene rings is 1. The molecule has 0 bridgehead atoms. The van der Waals surface area contributed by atoms with Gasteiger partial charge in [-0.05, 0) is 24.8 Å². The van der Waals surface area contributed by atoms with Crippen LogP contribution in [0, 0.1) is 5.92 Å². The number of imide groups is 1. The molecule has 2 aliphatic rings. The number of amides is 4. The van der Waals surface area contributed by atoms with Crippen molar-refractivity contribution in [1.29, 1.82) is 0 Å². The predicted octanol–water partition coefficient (Wildman–Crippen LogP) is 3.08. The normalized spacial score (nSPS) is 19.4. The van der Waals surface area contributed by atoms with Gasteiger partial charge in [0.15, 0.2) is 0 Å². The van der Waals surface area contributed by atoms with Crippen molar-refractivity contribution in [1.82, 2.24) is 15.1 Å². The molecule has 2 fully saturated rings. The van der Waals surface area contributed by atoms with Crippen LogP contribution in [0.5, 0.6) is 0 Å². The monoisotopic (exact) mass is 385 g/mol. The van der Waals surface area contributed by atoms with E-state index in [0.717, 1.165) is 15.6 Å². The van der Waals surface area contributed by atoms with Gasteiger partial charge in [0.2, 0.25) is 0 Å². The molecule has 2 aliphatic heterocycles. The fourth-order valence-electron chi connectivity index (χ4n) is 4.11. The van der Waals surface area contributed by atoms with Crippen LogP contribution in [0.1, 0.15) is 37.0 Å². The third-order valence-electron chi connectivity index (χ3n) is 5.54. The highest BCUT2D eigenvalue weighted by Crippen LogP contribution is 2.35. The second-order valence-electron chi connectivity index (χ2n) is 7.73. The third-order valence-corrected chi connectivity index (χ3v) is 6.51. The average Bonchev–Trinajstić information content (AvgIpc) is 3.17. The number of thiophene rings is 1. The summed E-state index contributed by atoms with van der Waals surface area (Å²) in [4.78, 5) is 41.3. The standard InChI is InChI=1S/C20H23N3O3S/c1-13(2)11-23-19(26)21-18(25)20(23)7-9-22(10-8-20)17(24)15-12-27-16-6-4-3-5-14(15)16/h3-6,12-13H,7-11H2,1-2H3,(H,21,25,26). The molecule has 7 heteroatoms. The highest BCUT2D eigenvalue weighted by Gasteiger charge is 2.54. The Morgan fingerprint density at radius 3 is 2.63 bits per heavy atom. The van der Waals surface area contributed by atoms with Gasteiger partial charge in [-0.25, -0.2) is 4.79 Å². The van der Waals surface area contributed by atoms with Crippen LogP contribution in [0.2, 0.25) is 0 Å². The molecular formula is C20H23N3O3S. The Labute approximate surface area is 162 Å². The Bertz CT molecular complexity index is 912. The highest BCUT2D eigenvalue weighted by molar-refractivity contribution is 7.17. The number of nitrogens with one attached hydrogen (secondary N) is 1. The fourth-order valence-corrected chi connectivity index (χ4v) is 5.05. The van der Waals surface area contributed by atoms with Crippen LogP contribution in [0.3, 0.4) is 0 Å². The van der Waals surface area contributed by atoms with Crippen molar-refractivity contribution in [2.45, 2.75) is 32.2 Å². The van der Waals surface area contributed by atoms with Crippen LogP contribution in [0.4, 0.5) is 4.79 Å². The maximum absolute atomic E-state index is 13.0. The van der Waals surface area contributed by atoms with Crippen molar-refractivity contribution in [2.24, 2.45) is 5.92 Å². The molecular weight excluding hydrogens is 362 g/mol. The summed E-state index contributed by atoms with van der Waals surface area (Å²) in [7, 11) is 0. The largest absolute Gasteiger partial charge is 0.338 e. The second-order valence-corrected chi connectivity index (χ2v) is 8.64. The minimum atomic E-state index is -0.811.